The summed E-state index contributed by atoms with van der Waals surface area (Å²) >= 11 is 6.45. The van der Waals surface area contributed by atoms with Crippen molar-refractivity contribution in [3.63, 3.8) is 0 Å². The number of carbonyl (C=O) groups is 1. The molecule has 0 saturated heterocycles. The minimum Gasteiger partial charge on any atom is -0.481 e. The molecule has 0 aromatic heterocycles. The molecule has 0 heterocycles. The number of hydrogen-bond donors (Lipinski definition) is 1. The summed E-state index contributed by atoms with van der Waals surface area (Å²) in [5.41, 5.74) is 0.892. The lowest BCUT2D eigenvalue weighted by molar-refractivity contribution is -0.137. The lowest BCUT2D eigenvalue weighted by atomic mass is 10.2. The monoisotopic (exact) mass is 265 g/mol. The second-order valence-corrected chi connectivity index (χ2v) is 5.20. The molecule has 0 spiro atoms. The molecule has 0 aliphatic carbocycles. The van der Waals surface area contributed by atoms with E-state index in [1.807, 2.05) is 30.3 Å². The van der Waals surface area contributed by atoms with Crippen molar-refractivity contribution in [2.24, 2.45) is 0 Å². The number of nitriles is 1. The van der Waals surface area contributed by atoms with Gasteiger partial charge in [0.15, 0.2) is 0 Å². The predicted molar refractivity (Wildman–Crippen MR) is 72.0 cm³/mol. The van der Waals surface area contributed by atoms with Crippen LogP contribution in [-0.2, 0) is 4.79 Å². The van der Waals surface area contributed by atoms with Crippen LogP contribution in [0.4, 0.5) is 0 Å². The fourth-order valence-electron chi connectivity index (χ4n) is 1.18. The molecule has 1 unspecified atom stereocenters. The number of thiocarbonyl (C=S) groups is 1. The first-order valence-electron chi connectivity index (χ1n) is 5.01. The molecular weight excluding hydrogens is 254 g/mol. The summed E-state index contributed by atoms with van der Waals surface area (Å²) in [6, 6.07) is 11.5. The van der Waals surface area contributed by atoms with Crippen LogP contribution in [0.25, 0.3) is 0 Å². The van der Waals surface area contributed by atoms with Crippen molar-refractivity contribution in [3.8, 4) is 6.07 Å². The van der Waals surface area contributed by atoms with Gasteiger partial charge in [-0.2, -0.15) is 5.26 Å². The van der Waals surface area contributed by atoms with Crippen LogP contribution < -0.4 is 0 Å². The highest BCUT2D eigenvalue weighted by molar-refractivity contribution is 8.24. The van der Waals surface area contributed by atoms with Crippen molar-refractivity contribution >= 4 is 34.1 Å². The number of aliphatic carboxylic acids is 1. The van der Waals surface area contributed by atoms with E-state index in [2.05, 4.69) is 6.07 Å². The number of hydrogen-bond acceptors (Lipinski definition) is 4. The van der Waals surface area contributed by atoms with Gasteiger partial charge in [-0.15, -0.1) is 0 Å². The number of carboxylic acids is 1. The first-order chi connectivity index (χ1) is 8.13. The van der Waals surface area contributed by atoms with Gasteiger partial charge in [0.2, 0.25) is 0 Å². The third-order valence-electron chi connectivity index (χ3n) is 2.02. The minimum atomic E-state index is -0.892. The molecule has 0 bridgehead atoms. The quantitative estimate of drug-likeness (QED) is 0.829. The number of thioether (sulfide) groups is 1. The van der Waals surface area contributed by atoms with Crippen molar-refractivity contribution in [2.75, 3.05) is 0 Å². The van der Waals surface area contributed by atoms with Gasteiger partial charge >= 0.3 is 5.97 Å². The van der Waals surface area contributed by atoms with Crippen LogP contribution in [0, 0.1) is 11.3 Å². The van der Waals surface area contributed by atoms with E-state index in [0.717, 1.165) is 5.56 Å². The van der Waals surface area contributed by atoms with E-state index in [-0.39, 0.29) is 6.42 Å². The fourth-order valence-corrected chi connectivity index (χ4v) is 2.48. The number of carboxylic acid groups (broad SMARTS) is 1. The first-order valence-corrected chi connectivity index (χ1v) is 6.29. The minimum absolute atomic E-state index is 0.0113. The van der Waals surface area contributed by atoms with E-state index in [4.69, 9.17) is 22.6 Å². The van der Waals surface area contributed by atoms with Gasteiger partial charge in [0.1, 0.15) is 0 Å². The van der Waals surface area contributed by atoms with Crippen LogP contribution in [0.5, 0.6) is 0 Å². The molecule has 17 heavy (non-hydrogen) atoms. The highest BCUT2D eigenvalue weighted by atomic mass is 32.2. The standard InChI is InChI=1S/C12H11NO2S2/c13-8-10(6-7-11(14)15)17-12(16)9-4-2-1-3-5-9/h1-5,10H,6-7H2,(H,14,15). The zero-order chi connectivity index (χ0) is 12.7. The van der Waals surface area contributed by atoms with Crippen molar-refractivity contribution < 1.29 is 9.90 Å². The molecule has 1 aromatic carbocycles. The Balaban J connectivity index is 2.55. The molecule has 5 heteroatoms. The van der Waals surface area contributed by atoms with Crippen molar-refractivity contribution in [1.82, 2.24) is 0 Å². The molecule has 0 amide bonds. The van der Waals surface area contributed by atoms with Gasteiger partial charge < -0.3 is 5.11 Å². The smallest absolute Gasteiger partial charge is 0.303 e. The van der Waals surface area contributed by atoms with E-state index in [1.165, 1.54) is 11.8 Å². The van der Waals surface area contributed by atoms with Gasteiger partial charge in [0.25, 0.3) is 0 Å². The van der Waals surface area contributed by atoms with Crippen LogP contribution in [-0.4, -0.2) is 20.5 Å². The van der Waals surface area contributed by atoms with E-state index in [1.54, 1.807) is 0 Å². The summed E-state index contributed by atoms with van der Waals surface area (Å²) in [5.74, 6) is -0.892. The average Bonchev–Trinajstić information content (AvgIpc) is 2.35. The maximum atomic E-state index is 10.4. The Morgan fingerprint density at radius 3 is 2.65 bits per heavy atom. The molecule has 1 rings (SSSR count). The number of nitrogens with zero attached hydrogens (tertiary/aromatic N) is 1. The van der Waals surface area contributed by atoms with Gasteiger partial charge in [-0.05, 0) is 12.0 Å². The Morgan fingerprint density at radius 1 is 1.47 bits per heavy atom. The lowest BCUT2D eigenvalue weighted by Crippen LogP contribution is -2.07. The zero-order valence-electron chi connectivity index (χ0n) is 9.00. The zero-order valence-corrected chi connectivity index (χ0v) is 10.6. The molecule has 88 valence electrons. The maximum Gasteiger partial charge on any atom is 0.303 e. The Bertz CT molecular complexity index is 440. The van der Waals surface area contributed by atoms with E-state index < -0.39 is 11.2 Å². The summed E-state index contributed by atoms with van der Waals surface area (Å²) in [7, 11) is 0. The molecule has 0 fully saturated rings. The SMILES string of the molecule is N#CC(CCC(=O)O)SC(=S)c1ccccc1. The number of benzene rings is 1. The van der Waals surface area contributed by atoms with Gasteiger partial charge in [0.05, 0.1) is 15.5 Å². The third-order valence-corrected chi connectivity index (χ3v) is 3.62. The Labute approximate surface area is 109 Å². The second-order valence-electron chi connectivity index (χ2n) is 3.32. The van der Waals surface area contributed by atoms with Crippen molar-refractivity contribution in [3.05, 3.63) is 35.9 Å². The van der Waals surface area contributed by atoms with E-state index >= 15 is 0 Å². The first kappa shape index (κ1) is 13.7. The van der Waals surface area contributed by atoms with Gasteiger partial charge in [-0.3, -0.25) is 4.79 Å². The molecule has 0 radical (unpaired) electrons. The average molecular weight is 265 g/mol. The van der Waals surface area contributed by atoms with Gasteiger partial charge in [0, 0.05) is 6.42 Å². The highest BCUT2D eigenvalue weighted by Gasteiger charge is 2.14. The normalized spacial score (nSPS) is 11.5. The van der Waals surface area contributed by atoms with Gasteiger partial charge in [-0.25, -0.2) is 0 Å². The summed E-state index contributed by atoms with van der Waals surface area (Å²) < 4.78 is 0.627. The molecule has 0 aliphatic rings. The Hall–Kier alpha value is -1.38. The van der Waals surface area contributed by atoms with Gasteiger partial charge in [-0.1, -0.05) is 54.3 Å². The van der Waals surface area contributed by atoms with Crippen LogP contribution in [0.15, 0.2) is 30.3 Å². The maximum absolute atomic E-state index is 10.4. The number of rotatable bonds is 5. The highest BCUT2D eigenvalue weighted by Crippen LogP contribution is 2.22. The van der Waals surface area contributed by atoms with Crippen LogP contribution in [0.1, 0.15) is 18.4 Å². The van der Waals surface area contributed by atoms with E-state index in [9.17, 15) is 4.79 Å². The summed E-state index contributed by atoms with van der Waals surface area (Å²) in [6.45, 7) is 0. The Kier molecular flexibility index (Phi) is 5.67. The molecule has 1 N–H and O–H groups in total. The molecule has 1 atom stereocenters. The largest absolute Gasteiger partial charge is 0.481 e. The second kappa shape index (κ2) is 7.05. The topological polar surface area (TPSA) is 61.1 Å². The van der Waals surface area contributed by atoms with Crippen LogP contribution in [0.3, 0.4) is 0 Å². The molecule has 0 aliphatic heterocycles. The third kappa shape index (κ3) is 4.98. The predicted octanol–water partition coefficient (Wildman–Crippen LogP) is 2.85. The van der Waals surface area contributed by atoms with Crippen LogP contribution in [0.2, 0.25) is 0 Å². The molecule has 1 aromatic rings. The Morgan fingerprint density at radius 2 is 2.12 bits per heavy atom. The summed E-state index contributed by atoms with van der Waals surface area (Å²) in [6.07, 6.45) is 0.298. The fraction of sp³-hybridized carbons (Fsp3) is 0.250. The van der Waals surface area contributed by atoms with Crippen molar-refractivity contribution in [2.45, 2.75) is 18.1 Å². The molecular formula is C12H11NO2S2. The summed E-state index contributed by atoms with van der Waals surface area (Å²) in [5, 5.41) is 17.1. The lowest BCUT2D eigenvalue weighted by Gasteiger charge is -2.08. The van der Waals surface area contributed by atoms with Crippen LogP contribution >= 0.6 is 24.0 Å². The molecule has 3 nitrogen and oxygen atoms in total. The van der Waals surface area contributed by atoms with Crippen molar-refractivity contribution in [1.29, 1.82) is 5.26 Å². The summed E-state index contributed by atoms with van der Waals surface area (Å²) in [4.78, 5) is 10.4. The molecule has 0 saturated carbocycles. The van der Waals surface area contributed by atoms with E-state index in [0.29, 0.717) is 10.6 Å².